The van der Waals surface area contributed by atoms with Crippen molar-refractivity contribution in [2.24, 2.45) is 29.4 Å². The number of carbonyl (C=O) groups is 2. The lowest BCUT2D eigenvalue weighted by atomic mass is 9.82. The number of benzene rings is 1. The molecule has 0 radical (unpaired) electrons. The summed E-state index contributed by atoms with van der Waals surface area (Å²) in [5.74, 6) is -0.285. The lowest BCUT2D eigenvalue weighted by molar-refractivity contribution is -0.130. The second-order valence-electron chi connectivity index (χ2n) is 5.85. The highest BCUT2D eigenvalue weighted by Gasteiger charge is 2.50. The molecule has 1 fully saturated rings. The van der Waals surface area contributed by atoms with Gasteiger partial charge in [0.05, 0.1) is 18.4 Å². The number of rotatable bonds is 5. The second-order valence-corrected chi connectivity index (χ2v) is 5.85. The molecule has 4 unspecified atom stereocenters. The van der Waals surface area contributed by atoms with E-state index in [0.717, 1.165) is 12.2 Å². The summed E-state index contributed by atoms with van der Waals surface area (Å²) in [5, 5.41) is 2.89. The van der Waals surface area contributed by atoms with Gasteiger partial charge in [-0.3, -0.25) is 9.59 Å². The summed E-state index contributed by atoms with van der Waals surface area (Å²) in [7, 11) is 0. The summed E-state index contributed by atoms with van der Waals surface area (Å²) in [5.41, 5.74) is 6.19. The monoisotopic (exact) mass is 300 g/mol. The molecule has 1 aromatic carbocycles. The first kappa shape index (κ1) is 14.6. The molecule has 0 aliphatic heterocycles. The number of allylic oxidation sites excluding steroid dienone is 2. The Balaban J connectivity index is 1.71. The van der Waals surface area contributed by atoms with Gasteiger partial charge in [0.2, 0.25) is 11.8 Å². The molecule has 22 heavy (non-hydrogen) atoms. The van der Waals surface area contributed by atoms with Gasteiger partial charge in [-0.1, -0.05) is 12.2 Å². The number of ether oxygens (including phenoxy) is 1. The normalized spacial score (nSPS) is 28.6. The van der Waals surface area contributed by atoms with Crippen molar-refractivity contribution >= 4 is 17.5 Å². The average Bonchev–Trinajstić information content (AvgIpc) is 3.10. The molecule has 5 nitrogen and oxygen atoms in total. The second kappa shape index (κ2) is 5.83. The third-order valence-corrected chi connectivity index (χ3v) is 4.52. The number of nitrogens with one attached hydrogen (secondary N) is 1. The van der Waals surface area contributed by atoms with Gasteiger partial charge in [-0.15, -0.1) is 0 Å². The van der Waals surface area contributed by atoms with E-state index in [1.54, 1.807) is 12.1 Å². The van der Waals surface area contributed by atoms with Gasteiger partial charge in [0.25, 0.3) is 0 Å². The smallest absolute Gasteiger partial charge is 0.228 e. The van der Waals surface area contributed by atoms with Crippen LogP contribution >= 0.6 is 0 Å². The molecule has 2 aliphatic rings. The molecular weight excluding hydrogens is 280 g/mol. The van der Waals surface area contributed by atoms with Gasteiger partial charge in [0.1, 0.15) is 5.75 Å². The van der Waals surface area contributed by atoms with Crippen LogP contribution in [0.4, 0.5) is 5.69 Å². The number of primary amides is 1. The molecule has 0 heterocycles. The van der Waals surface area contributed by atoms with Gasteiger partial charge >= 0.3 is 0 Å². The Kier molecular flexibility index (Phi) is 3.88. The fraction of sp³-hybridized carbons (Fsp3) is 0.412. The van der Waals surface area contributed by atoms with Crippen molar-refractivity contribution in [2.45, 2.75) is 13.3 Å². The zero-order chi connectivity index (χ0) is 15.7. The van der Waals surface area contributed by atoms with Crippen LogP contribution in [0, 0.1) is 23.7 Å². The minimum absolute atomic E-state index is 0.110. The Morgan fingerprint density at radius 2 is 1.82 bits per heavy atom. The molecule has 116 valence electrons. The zero-order valence-electron chi connectivity index (χ0n) is 12.5. The summed E-state index contributed by atoms with van der Waals surface area (Å²) in [6.45, 7) is 2.52. The third-order valence-electron chi connectivity index (χ3n) is 4.52. The summed E-state index contributed by atoms with van der Waals surface area (Å²) in [6, 6.07) is 7.22. The maximum atomic E-state index is 12.5. The molecule has 5 heteroatoms. The van der Waals surface area contributed by atoms with E-state index in [1.165, 1.54) is 0 Å². The largest absolute Gasteiger partial charge is 0.494 e. The predicted molar refractivity (Wildman–Crippen MR) is 83.2 cm³/mol. The number of hydrogen-bond donors (Lipinski definition) is 2. The van der Waals surface area contributed by atoms with Crippen LogP contribution in [0.5, 0.6) is 5.75 Å². The molecule has 1 aromatic rings. The van der Waals surface area contributed by atoms with Crippen LogP contribution in [-0.4, -0.2) is 18.4 Å². The summed E-state index contributed by atoms with van der Waals surface area (Å²) in [6.07, 6.45) is 4.89. The van der Waals surface area contributed by atoms with E-state index in [-0.39, 0.29) is 29.6 Å². The molecule has 2 aliphatic carbocycles. The Morgan fingerprint density at radius 3 is 2.41 bits per heavy atom. The number of nitrogens with two attached hydrogens (primary N) is 1. The molecular formula is C17H20N2O3. The SMILES string of the molecule is CCOc1ccc(NC(=O)C2C3C=CC(C3)C2C(N)=O)cc1. The van der Waals surface area contributed by atoms with Crippen LogP contribution < -0.4 is 15.8 Å². The molecule has 0 saturated heterocycles. The molecule has 4 atom stereocenters. The van der Waals surface area contributed by atoms with Gasteiger partial charge in [-0.2, -0.15) is 0 Å². The fourth-order valence-corrected chi connectivity index (χ4v) is 3.59. The first-order chi connectivity index (χ1) is 10.6. The maximum absolute atomic E-state index is 12.5. The molecule has 3 rings (SSSR count). The van der Waals surface area contributed by atoms with Crippen molar-refractivity contribution in [3.63, 3.8) is 0 Å². The van der Waals surface area contributed by atoms with Gasteiger partial charge in [-0.05, 0) is 49.4 Å². The van der Waals surface area contributed by atoms with Crippen molar-refractivity contribution in [3.05, 3.63) is 36.4 Å². The van der Waals surface area contributed by atoms with E-state index in [9.17, 15) is 9.59 Å². The van der Waals surface area contributed by atoms with E-state index in [2.05, 4.69) is 5.32 Å². The zero-order valence-corrected chi connectivity index (χ0v) is 12.5. The predicted octanol–water partition coefficient (Wildman–Crippen LogP) is 1.95. The third kappa shape index (κ3) is 2.58. The first-order valence-corrected chi connectivity index (χ1v) is 7.61. The van der Waals surface area contributed by atoms with Crippen molar-refractivity contribution in [2.75, 3.05) is 11.9 Å². The van der Waals surface area contributed by atoms with Crippen molar-refractivity contribution < 1.29 is 14.3 Å². The van der Waals surface area contributed by atoms with Crippen LogP contribution in [0.2, 0.25) is 0 Å². The number of anilines is 1. The first-order valence-electron chi connectivity index (χ1n) is 7.61. The van der Waals surface area contributed by atoms with Crippen LogP contribution in [-0.2, 0) is 9.59 Å². The standard InChI is InChI=1S/C17H20N2O3/c1-2-22-13-7-5-12(6-8-13)19-17(21)15-11-4-3-10(9-11)14(15)16(18)20/h3-8,10-11,14-15H,2,9H2,1H3,(H2,18,20)(H,19,21). The molecule has 0 aromatic heterocycles. The number of hydrogen-bond acceptors (Lipinski definition) is 3. The highest BCUT2D eigenvalue weighted by molar-refractivity contribution is 5.97. The Morgan fingerprint density at radius 1 is 1.18 bits per heavy atom. The Hall–Kier alpha value is -2.30. The summed E-state index contributed by atoms with van der Waals surface area (Å²) < 4.78 is 5.37. The fourth-order valence-electron chi connectivity index (χ4n) is 3.59. The maximum Gasteiger partial charge on any atom is 0.228 e. The van der Waals surface area contributed by atoms with E-state index in [0.29, 0.717) is 12.3 Å². The van der Waals surface area contributed by atoms with Gasteiger partial charge in [0, 0.05) is 5.69 Å². The number of fused-ring (bicyclic) bond motifs is 2. The van der Waals surface area contributed by atoms with Crippen molar-refractivity contribution in [3.8, 4) is 5.75 Å². The average molecular weight is 300 g/mol. The lowest BCUT2D eigenvalue weighted by Crippen LogP contribution is -2.39. The topological polar surface area (TPSA) is 81.4 Å². The molecule has 3 N–H and O–H groups in total. The quantitative estimate of drug-likeness (QED) is 0.815. The van der Waals surface area contributed by atoms with Crippen LogP contribution in [0.25, 0.3) is 0 Å². The van der Waals surface area contributed by atoms with Gasteiger partial charge < -0.3 is 15.8 Å². The number of carbonyl (C=O) groups excluding carboxylic acids is 2. The van der Waals surface area contributed by atoms with Crippen molar-refractivity contribution in [1.82, 2.24) is 0 Å². The van der Waals surface area contributed by atoms with E-state index in [4.69, 9.17) is 10.5 Å². The lowest BCUT2D eigenvalue weighted by Gasteiger charge is -2.24. The van der Waals surface area contributed by atoms with Crippen LogP contribution in [0.3, 0.4) is 0 Å². The Bertz CT molecular complexity index is 609. The Labute approximate surface area is 129 Å². The van der Waals surface area contributed by atoms with Gasteiger partial charge in [0.15, 0.2) is 0 Å². The minimum atomic E-state index is -0.391. The van der Waals surface area contributed by atoms with E-state index >= 15 is 0 Å². The highest BCUT2D eigenvalue weighted by Crippen LogP contribution is 2.48. The summed E-state index contributed by atoms with van der Waals surface area (Å²) in [4.78, 5) is 24.2. The van der Waals surface area contributed by atoms with E-state index < -0.39 is 5.92 Å². The molecule has 0 spiro atoms. The van der Waals surface area contributed by atoms with Gasteiger partial charge in [-0.25, -0.2) is 0 Å². The molecule has 2 amide bonds. The van der Waals surface area contributed by atoms with Crippen molar-refractivity contribution in [1.29, 1.82) is 0 Å². The van der Waals surface area contributed by atoms with Crippen LogP contribution in [0.15, 0.2) is 36.4 Å². The summed E-state index contributed by atoms with van der Waals surface area (Å²) >= 11 is 0. The van der Waals surface area contributed by atoms with Crippen LogP contribution in [0.1, 0.15) is 13.3 Å². The van der Waals surface area contributed by atoms with E-state index in [1.807, 2.05) is 31.2 Å². The highest BCUT2D eigenvalue weighted by atomic mass is 16.5. The molecule has 2 bridgehead atoms. The minimum Gasteiger partial charge on any atom is -0.494 e. The number of amides is 2. The molecule has 1 saturated carbocycles.